The van der Waals surface area contributed by atoms with Crippen LogP contribution in [0.25, 0.3) is 11.1 Å². The van der Waals surface area contributed by atoms with Gasteiger partial charge in [-0.2, -0.15) is 0 Å². The molecule has 10 nitrogen and oxygen atoms in total. The van der Waals surface area contributed by atoms with Crippen LogP contribution >= 0.6 is 0 Å². The van der Waals surface area contributed by atoms with E-state index in [0.29, 0.717) is 42.4 Å². The second kappa shape index (κ2) is 14.0. The molecule has 0 aliphatic rings. The molecule has 2 rings (SSSR count). The van der Waals surface area contributed by atoms with Crippen molar-refractivity contribution >= 4 is 32.9 Å². The number of sulfone groups is 1. The minimum atomic E-state index is -3.42. The maximum atomic E-state index is 13.2. The first-order valence-corrected chi connectivity index (χ1v) is 13.2. The number of rotatable bonds is 14. The smallest absolute Gasteiger partial charge is 0.339 e. The average Bonchev–Trinajstić information content (AvgIpc) is 2.83. The number of hydrogen-bond acceptors (Lipinski definition) is 9. The van der Waals surface area contributed by atoms with E-state index in [1.54, 1.807) is 42.5 Å². The molecule has 0 unspecified atom stereocenters. The number of ether oxygens (including phenoxy) is 2. The van der Waals surface area contributed by atoms with Gasteiger partial charge in [0.05, 0.1) is 23.7 Å². The van der Waals surface area contributed by atoms with Crippen molar-refractivity contribution in [3.05, 3.63) is 75.8 Å². The molecule has 36 heavy (non-hydrogen) atoms. The van der Waals surface area contributed by atoms with E-state index in [9.17, 15) is 28.1 Å². The lowest BCUT2D eigenvalue weighted by Crippen LogP contribution is -2.14. The predicted molar refractivity (Wildman–Crippen MR) is 132 cm³/mol. The van der Waals surface area contributed by atoms with Crippen LogP contribution in [0, 0.1) is 10.1 Å². The number of unbranched alkanes of at least 4 members (excludes halogenated alkanes) is 3. The fourth-order valence-corrected chi connectivity index (χ4v) is 3.96. The zero-order chi connectivity index (χ0) is 26.6. The first kappa shape index (κ1) is 28.5. The quantitative estimate of drug-likeness (QED) is 0.0908. The van der Waals surface area contributed by atoms with E-state index in [1.807, 2.05) is 0 Å². The molecule has 0 radical (unpaired) electrons. The van der Waals surface area contributed by atoms with Gasteiger partial charge in [0.1, 0.15) is 6.61 Å². The summed E-state index contributed by atoms with van der Waals surface area (Å²) in [7, 11) is -3.42. The number of nitrogens with zero attached hydrogens (tertiary/aromatic N) is 1. The van der Waals surface area contributed by atoms with Gasteiger partial charge in [-0.3, -0.25) is 4.79 Å². The molecule has 0 N–H and O–H groups in total. The highest BCUT2D eigenvalue weighted by Gasteiger charge is 2.22. The molecule has 0 saturated carbocycles. The molecule has 2 aromatic rings. The Hall–Kier alpha value is -3.73. The fourth-order valence-electron chi connectivity index (χ4n) is 3.33. The summed E-state index contributed by atoms with van der Waals surface area (Å²) in [6, 6.07) is 14.7. The molecule has 0 bridgehead atoms. The third kappa shape index (κ3) is 9.49. The largest absolute Gasteiger partial charge is 0.462 e. The van der Waals surface area contributed by atoms with E-state index in [0.717, 1.165) is 6.26 Å². The highest BCUT2D eigenvalue weighted by molar-refractivity contribution is 7.90. The van der Waals surface area contributed by atoms with Gasteiger partial charge in [-0.25, -0.2) is 13.2 Å². The molecule has 0 spiro atoms. The molecule has 194 valence electrons. The van der Waals surface area contributed by atoms with Crippen molar-refractivity contribution in [2.45, 2.75) is 37.5 Å². The van der Waals surface area contributed by atoms with Gasteiger partial charge >= 0.3 is 11.9 Å². The summed E-state index contributed by atoms with van der Waals surface area (Å²) in [5.74, 6) is -1.16. The van der Waals surface area contributed by atoms with Gasteiger partial charge in [0.25, 0.3) is 5.09 Å². The molecule has 11 heteroatoms. The Bertz CT molecular complexity index is 1170. The minimum absolute atomic E-state index is 0.0192. The first-order chi connectivity index (χ1) is 17.1. The summed E-state index contributed by atoms with van der Waals surface area (Å²) in [4.78, 5) is 39.3. The van der Waals surface area contributed by atoms with Crippen LogP contribution in [0.5, 0.6) is 0 Å². The second-order valence-electron chi connectivity index (χ2n) is 7.90. The Balaban J connectivity index is 2.28. The average molecular weight is 520 g/mol. The summed E-state index contributed by atoms with van der Waals surface area (Å²) in [5.41, 5.74) is 1.63. The van der Waals surface area contributed by atoms with Crippen LogP contribution in [0.15, 0.2) is 59.5 Å². The molecule has 2 aromatic carbocycles. The molecule has 0 aliphatic carbocycles. The molecule has 0 aliphatic heterocycles. The first-order valence-electron chi connectivity index (χ1n) is 11.3. The van der Waals surface area contributed by atoms with E-state index < -0.39 is 26.9 Å². The van der Waals surface area contributed by atoms with Gasteiger partial charge in [0.15, 0.2) is 9.84 Å². The molecule has 0 atom stereocenters. The maximum absolute atomic E-state index is 13.2. The summed E-state index contributed by atoms with van der Waals surface area (Å²) < 4.78 is 34.5. The van der Waals surface area contributed by atoms with Crippen LogP contribution < -0.4 is 0 Å². The Labute approximate surface area is 209 Å². The Morgan fingerprint density at radius 2 is 1.47 bits per heavy atom. The lowest BCUT2D eigenvalue weighted by Gasteiger charge is -2.16. The predicted octanol–water partition coefficient (Wildman–Crippen LogP) is 3.88. The van der Waals surface area contributed by atoms with Gasteiger partial charge in [0, 0.05) is 18.8 Å². The molecule has 0 fully saturated rings. The van der Waals surface area contributed by atoms with Gasteiger partial charge in [-0.1, -0.05) is 48.9 Å². The second-order valence-corrected chi connectivity index (χ2v) is 9.92. The zero-order valence-electron chi connectivity index (χ0n) is 20.2. The minimum Gasteiger partial charge on any atom is -0.462 e. The maximum Gasteiger partial charge on any atom is 0.339 e. The van der Waals surface area contributed by atoms with E-state index in [-0.39, 0.29) is 30.3 Å². The Kier molecular flexibility index (Phi) is 11.1. The summed E-state index contributed by atoms with van der Waals surface area (Å²) in [6.45, 7) is 1.18. The summed E-state index contributed by atoms with van der Waals surface area (Å²) >= 11 is 0. The third-order valence-electron chi connectivity index (χ3n) is 5.09. The Morgan fingerprint density at radius 3 is 2.03 bits per heavy atom. The van der Waals surface area contributed by atoms with Crippen molar-refractivity contribution in [1.82, 2.24) is 0 Å². The van der Waals surface area contributed by atoms with Crippen LogP contribution in [-0.2, 0) is 33.7 Å². The van der Waals surface area contributed by atoms with Crippen molar-refractivity contribution < 1.29 is 37.4 Å². The molecule has 0 amide bonds. The fraction of sp³-hybridized carbons (Fsp3) is 0.360. The van der Waals surface area contributed by atoms with E-state index in [1.165, 1.54) is 19.1 Å². The standard InChI is InChI=1S/C25H29NO9S/c1-19(27)34-18-23(20-12-14-22(15-13-20)36(2,31)32)24(21-10-6-5-7-11-21)25(28)33-16-8-3-4-9-17-35-26(29)30/h5-7,10-15H,3-4,8-9,16-18H2,1-2H3/b24-23+. The normalized spacial score (nSPS) is 11.8. The molecule has 0 aromatic heterocycles. The highest BCUT2D eigenvalue weighted by atomic mass is 32.2. The van der Waals surface area contributed by atoms with Crippen LogP contribution in [0.4, 0.5) is 0 Å². The molecule has 0 heterocycles. The van der Waals surface area contributed by atoms with Crippen LogP contribution in [-0.4, -0.2) is 51.5 Å². The van der Waals surface area contributed by atoms with Crippen LogP contribution in [0.3, 0.4) is 0 Å². The zero-order valence-corrected chi connectivity index (χ0v) is 21.0. The number of carbonyl (C=O) groups excluding carboxylic acids is 2. The van der Waals surface area contributed by atoms with Crippen LogP contribution in [0.1, 0.15) is 43.7 Å². The molecular formula is C25H29NO9S. The number of hydrogen-bond donors (Lipinski definition) is 0. The van der Waals surface area contributed by atoms with Gasteiger partial charge < -0.3 is 14.3 Å². The number of carbonyl (C=O) groups is 2. The van der Waals surface area contributed by atoms with Gasteiger partial charge in [-0.05, 0) is 42.5 Å². The third-order valence-corrected chi connectivity index (χ3v) is 6.22. The molecule has 0 saturated heterocycles. The van der Waals surface area contributed by atoms with E-state index in [2.05, 4.69) is 4.84 Å². The highest BCUT2D eigenvalue weighted by Crippen LogP contribution is 2.29. The van der Waals surface area contributed by atoms with Crippen molar-refractivity contribution in [1.29, 1.82) is 0 Å². The van der Waals surface area contributed by atoms with Crippen LogP contribution in [0.2, 0.25) is 0 Å². The van der Waals surface area contributed by atoms with Crippen molar-refractivity contribution in [2.24, 2.45) is 0 Å². The Morgan fingerprint density at radius 1 is 0.861 bits per heavy atom. The summed E-state index contributed by atoms with van der Waals surface area (Å²) in [6.07, 6.45) is 3.53. The van der Waals surface area contributed by atoms with Crippen molar-refractivity contribution in [3.8, 4) is 0 Å². The number of benzene rings is 2. The van der Waals surface area contributed by atoms with Gasteiger partial charge in [0.2, 0.25) is 0 Å². The monoisotopic (exact) mass is 519 g/mol. The lowest BCUT2D eigenvalue weighted by atomic mass is 9.95. The van der Waals surface area contributed by atoms with Gasteiger partial charge in [-0.15, -0.1) is 10.1 Å². The summed E-state index contributed by atoms with van der Waals surface area (Å²) in [5, 5.41) is 9.33. The lowest BCUT2D eigenvalue weighted by molar-refractivity contribution is -0.757. The van der Waals surface area contributed by atoms with Crippen molar-refractivity contribution in [3.63, 3.8) is 0 Å². The number of esters is 2. The molecular weight excluding hydrogens is 490 g/mol. The topological polar surface area (TPSA) is 139 Å². The SMILES string of the molecule is CC(=O)OC/C(=C(\C(=O)OCCCCCCO[N+](=O)[O-])c1ccccc1)c1ccc(S(C)(=O)=O)cc1. The van der Waals surface area contributed by atoms with E-state index >= 15 is 0 Å². The van der Waals surface area contributed by atoms with E-state index in [4.69, 9.17) is 9.47 Å². The van der Waals surface area contributed by atoms with Crippen molar-refractivity contribution in [2.75, 3.05) is 26.1 Å².